The number of hydrogen-bond acceptors (Lipinski definition) is 5. The third kappa shape index (κ3) is 2.10. The van der Waals surface area contributed by atoms with Gasteiger partial charge in [0.25, 0.3) is 0 Å². The average Bonchev–Trinajstić information content (AvgIpc) is 2.91. The van der Waals surface area contributed by atoms with Crippen LogP contribution in [0.5, 0.6) is 0 Å². The van der Waals surface area contributed by atoms with Gasteiger partial charge in [-0.15, -0.1) is 0 Å². The van der Waals surface area contributed by atoms with E-state index in [0.717, 1.165) is 22.2 Å². The Morgan fingerprint density at radius 3 is 2.92 bits per heavy atom. The molecule has 4 rings (SSSR count). The molecule has 1 aromatic heterocycles. The normalized spacial score (nSPS) is 22.5. The summed E-state index contributed by atoms with van der Waals surface area (Å²) in [5, 5.41) is 0.997. The molecular formula is C18H16N2O4. The number of benzene rings is 1. The van der Waals surface area contributed by atoms with Crippen LogP contribution in [-0.4, -0.2) is 34.2 Å². The van der Waals surface area contributed by atoms with E-state index >= 15 is 0 Å². The SMILES string of the molecule is CCOC(=O)[C@@H]1C(=O)C[C@@H]2c3nc4ccccc4cc3CN2C1=O. The Balaban J connectivity index is 1.72. The zero-order valence-corrected chi connectivity index (χ0v) is 13.2. The number of ether oxygens (including phenoxy) is 1. The molecule has 0 aliphatic carbocycles. The van der Waals surface area contributed by atoms with Crippen molar-refractivity contribution in [2.75, 3.05) is 6.61 Å². The van der Waals surface area contributed by atoms with E-state index in [2.05, 4.69) is 4.98 Å². The van der Waals surface area contributed by atoms with Crippen molar-refractivity contribution < 1.29 is 19.1 Å². The third-order valence-electron chi connectivity index (χ3n) is 4.64. The lowest BCUT2D eigenvalue weighted by molar-refractivity contribution is -0.163. The van der Waals surface area contributed by atoms with E-state index in [4.69, 9.17) is 4.74 Å². The highest BCUT2D eigenvalue weighted by molar-refractivity contribution is 6.18. The molecule has 122 valence electrons. The van der Waals surface area contributed by atoms with Crippen LogP contribution in [-0.2, 0) is 25.7 Å². The third-order valence-corrected chi connectivity index (χ3v) is 4.64. The van der Waals surface area contributed by atoms with E-state index in [1.54, 1.807) is 11.8 Å². The first-order valence-corrected chi connectivity index (χ1v) is 7.98. The summed E-state index contributed by atoms with van der Waals surface area (Å²) in [5.41, 5.74) is 2.53. The fourth-order valence-corrected chi connectivity index (χ4v) is 3.54. The van der Waals surface area contributed by atoms with Crippen molar-refractivity contribution in [2.45, 2.75) is 25.9 Å². The number of para-hydroxylation sites is 1. The van der Waals surface area contributed by atoms with E-state index in [1.165, 1.54) is 0 Å². The van der Waals surface area contributed by atoms with Gasteiger partial charge in [0.05, 0.1) is 23.9 Å². The molecule has 0 saturated carbocycles. The number of aromatic nitrogens is 1. The lowest BCUT2D eigenvalue weighted by Crippen LogP contribution is -2.48. The van der Waals surface area contributed by atoms with E-state index < -0.39 is 17.8 Å². The molecule has 2 aromatic rings. The van der Waals surface area contributed by atoms with Crippen molar-refractivity contribution >= 4 is 28.6 Å². The average molecular weight is 324 g/mol. The number of pyridine rings is 1. The minimum atomic E-state index is -1.33. The fourth-order valence-electron chi connectivity index (χ4n) is 3.54. The summed E-state index contributed by atoms with van der Waals surface area (Å²) in [6.07, 6.45) is 0.105. The second-order valence-electron chi connectivity index (χ2n) is 6.06. The molecule has 3 heterocycles. The summed E-state index contributed by atoms with van der Waals surface area (Å²) < 4.78 is 4.89. The summed E-state index contributed by atoms with van der Waals surface area (Å²) in [4.78, 5) is 43.2. The first-order chi connectivity index (χ1) is 11.6. The van der Waals surface area contributed by atoms with Crippen molar-refractivity contribution in [3.63, 3.8) is 0 Å². The van der Waals surface area contributed by atoms with Crippen LogP contribution < -0.4 is 0 Å². The van der Waals surface area contributed by atoms with Crippen LogP contribution >= 0.6 is 0 Å². The maximum Gasteiger partial charge on any atom is 0.326 e. The molecule has 2 aliphatic heterocycles. The molecule has 2 aliphatic rings. The van der Waals surface area contributed by atoms with E-state index in [0.29, 0.717) is 6.54 Å². The molecule has 1 fully saturated rings. The Kier molecular flexibility index (Phi) is 3.33. The topological polar surface area (TPSA) is 76.6 Å². The molecule has 6 heteroatoms. The first kappa shape index (κ1) is 14.8. The second kappa shape index (κ2) is 5.40. The van der Waals surface area contributed by atoms with Crippen LogP contribution in [0.1, 0.15) is 30.6 Å². The number of hydrogen-bond donors (Lipinski definition) is 0. The van der Waals surface area contributed by atoms with E-state index in [1.807, 2.05) is 30.3 Å². The Bertz CT molecular complexity index is 876. The number of fused-ring (bicyclic) bond motifs is 4. The molecule has 0 unspecified atom stereocenters. The Hall–Kier alpha value is -2.76. The lowest BCUT2D eigenvalue weighted by Gasteiger charge is -2.32. The molecule has 1 aromatic carbocycles. The van der Waals surface area contributed by atoms with Crippen molar-refractivity contribution in [3.8, 4) is 0 Å². The van der Waals surface area contributed by atoms with E-state index in [-0.39, 0.29) is 24.9 Å². The smallest absolute Gasteiger partial charge is 0.326 e. The lowest BCUT2D eigenvalue weighted by atomic mass is 9.90. The van der Waals surface area contributed by atoms with Gasteiger partial charge >= 0.3 is 5.97 Å². The van der Waals surface area contributed by atoms with Crippen LogP contribution in [0.2, 0.25) is 0 Å². The Morgan fingerprint density at radius 2 is 2.12 bits per heavy atom. The minimum absolute atomic E-state index is 0.105. The maximum absolute atomic E-state index is 12.7. The van der Waals surface area contributed by atoms with Gasteiger partial charge in [-0.3, -0.25) is 19.4 Å². The van der Waals surface area contributed by atoms with Gasteiger partial charge in [0.1, 0.15) is 0 Å². The second-order valence-corrected chi connectivity index (χ2v) is 6.06. The van der Waals surface area contributed by atoms with Gasteiger partial charge in [0, 0.05) is 18.4 Å². The highest BCUT2D eigenvalue weighted by Crippen LogP contribution is 2.41. The number of amides is 1. The van der Waals surface area contributed by atoms with Gasteiger partial charge < -0.3 is 9.64 Å². The summed E-state index contributed by atoms with van der Waals surface area (Å²) in [5.74, 6) is -2.94. The van der Waals surface area contributed by atoms with Crippen LogP contribution in [0.25, 0.3) is 10.9 Å². The van der Waals surface area contributed by atoms with Crippen LogP contribution in [0.15, 0.2) is 30.3 Å². The Morgan fingerprint density at radius 1 is 1.33 bits per heavy atom. The van der Waals surface area contributed by atoms with Crippen molar-refractivity contribution in [3.05, 3.63) is 41.6 Å². The van der Waals surface area contributed by atoms with Gasteiger partial charge in [-0.2, -0.15) is 0 Å². The van der Waals surface area contributed by atoms with Gasteiger partial charge in [-0.1, -0.05) is 18.2 Å². The highest BCUT2D eigenvalue weighted by atomic mass is 16.5. The van der Waals surface area contributed by atoms with Gasteiger partial charge in [0.2, 0.25) is 5.91 Å². The van der Waals surface area contributed by atoms with Crippen LogP contribution in [0, 0.1) is 5.92 Å². The molecule has 1 amide bonds. The van der Waals surface area contributed by atoms with Gasteiger partial charge in [-0.25, -0.2) is 0 Å². The molecule has 24 heavy (non-hydrogen) atoms. The van der Waals surface area contributed by atoms with E-state index in [9.17, 15) is 14.4 Å². The predicted octanol–water partition coefficient (Wildman–Crippen LogP) is 1.77. The van der Waals surface area contributed by atoms with Crippen molar-refractivity contribution in [2.24, 2.45) is 5.92 Å². The maximum atomic E-state index is 12.7. The molecule has 0 radical (unpaired) electrons. The minimum Gasteiger partial charge on any atom is -0.465 e. The number of carbonyl (C=O) groups is 3. The standard InChI is InChI=1S/C18H16N2O4/c1-2-24-18(23)15-14(21)8-13-16-11(9-20(13)17(15)22)7-10-5-3-4-6-12(10)19-16/h3-7,13,15H,2,8-9H2,1H3/t13-,15-/m1/s1. The highest BCUT2D eigenvalue weighted by Gasteiger charge is 2.49. The Labute approximate surface area is 138 Å². The summed E-state index contributed by atoms with van der Waals surface area (Å²) >= 11 is 0. The molecule has 2 atom stereocenters. The molecule has 6 nitrogen and oxygen atoms in total. The van der Waals surface area contributed by atoms with Gasteiger partial charge in [0.15, 0.2) is 11.7 Å². The number of rotatable bonds is 2. The molecule has 0 spiro atoms. The number of ketones is 1. The first-order valence-electron chi connectivity index (χ1n) is 7.98. The van der Waals surface area contributed by atoms with Crippen molar-refractivity contribution in [1.29, 1.82) is 0 Å². The number of Topliss-reactive ketones (excluding diaryl/α,β-unsaturated/α-hetero) is 1. The quantitative estimate of drug-likeness (QED) is 0.621. The monoisotopic (exact) mass is 324 g/mol. The number of nitrogens with zero attached hydrogens (tertiary/aromatic N) is 2. The van der Waals surface area contributed by atoms with Crippen LogP contribution in [0.4, 0.5) is 0 Å². The largest absolute Gasteiger partial charge is 0.465 e. The molecular weight excluding hydrogens is 308 g/mol. The number of esters is 1. The van der Waals surface area contributed by atoms with Gasteiger partial charge in [-0.05, 0) is 24.6 Å². The zero-order chi connectivity index (χ0) is 16.8. The van der Waals surface area contributed by atoms with Crippen LogP contribution in [0.3, 0.4) is 0 Å². The molecule has 0 bridgehead atoms. The zero-order valence-electron chi connectivity index (χ0n) is 13.2. The number of carbonyl (C=O) groups excluding carboxylic acids is 3. The summed E-state index contributed by atoms with van der Waals surface area (Å²) in [6.45, 7) is 2.17. The summed E-state index contributed by atoms with van der Waals surface area (Å²) in [6, 6.07) is 9.34. The summed E-state index contributed by atoms with van der Waals surface area (Å²) in [7, 11) is 0. The molecule has 0 N–H and O–H groups in total. The molecule has 1 saturated heterocycles. The van der Waals surface area contributed by atoms with Crippen molar-refractivity contribution in [1.82, 2.24) is 9.88 Å². The predicted molar refractivity (Wildman–Crippen MR) is 84.8 cm³/mol. The fraction of sp³-hybridized carbons (Fsp3) is 0.333. The number of piperidine rings is 1.